The van der Waals surface area contributed by atoms with Gasteiger partial charge >= 0.3 is 0 Å². The lowest BCUT2D eigenvalue weighted by Gasteiger charge is -2.06. The Morgan fingerprint density at radius 1 is 1.21 bits per heavy atom. The van der Waals surface area contributed by atoms with Gasteiger partial charge in [0.1, 0.15) is 6.17 Å². The highest BCUT2D eigenvalue weighted by Gasteiger charge is 2.07. The van der Waals surface area contributed by atoms with Crippen molar-refractivity contribution in [2.24, 2.45) is 0 Å². The van der Waals surface area contributed by atoms with Crippen LogP contribution in [0, 0.1) is 11.3 Å². The van der Waals surface area contributed by atoms with E-state index in [9.17, 15) is 4.39 Å². The second-order valence-corrected chi connectivity index (χ2v) is 3.28. The molecule has 0 amide bonds. The van der Waals surface area contributed by atoms with Crippen molar-refractivity contribution in [3.8, 4) is 6.07 Å². The zero-order valence-electron chi connectivity index (χ0n) is 8.12. The number of hydrogen-bond donors (Lipinski definition) is 0. The zero-order valence-corrected chi connectivity index (χ0v) is 8.12. The van der Waals surface area contributed by atoms with E-state index in [2.05, 4.69) is 6.07 Å². The van der Waals surface area contributed by atoms with Crippen LogP contribution in [0.3, 0.4) is 0 Å². The molecule has 1 rings (SSSR count). The van der Waals surface area contributed by atoms with Gasteiger partial charge in [-0.1, -0.05) is 30.3 Å². The van der Waals surface area contributed by atoms with E-state index in [0.29, 0.717) is 12.8 Å². The number of nitriles is 1. The van der Waals surface area contributed by atoms with E-state index in [1.165, 1.54) is 0 Å². The van der Waals surface area contributed by atoms with Crippen LogP contribution >= 0.6 is 0 Å². The van der Waals surface area contributed by atoms with E-state index < -0.39 is 6.17 Å². The first-order valence-electron chi connectivity index (χ1n) is 4.90. The fraction of sp³-hybridized carbons (Fsp3) is 0.417. The third kappa shape index (κ3) is 3.57. The molecule has 1 atom stereocenters. The summed E-state index contributed by atoms with van der Waals surface area (Å²) in [6.07, 6.45) is 1.75. The van der Waals surface area contributed by atoms with Crippen LogP contribution in [-0.2, 0) is 0 Å². The fourth-order valence-electron chi connectivity index (χ4n) is 1.36. The van der Waals surface area contributed by atoms with Crippen molar-refractivity contribution < 1.29 is 4.39 Å². The molecule has 0 N–H and O–H groups in total. The van der Waals surface area contributed by atoms with Crippen LogP contribution in [0.2, 0.25) is 0 Å². The molecule has 0 fully saturated rings. The van der Waals surface area contributed by atoms with Crippen LogP contribution in [0.15, 0.2) is 30.3 Å². The van der Waals surface area contributed by atoms with Gasteiger partial charge in [0.05, 0.1) is 6.07 Å². The molecule has 14 heavy (non-hydrogen) atoms. The average molecular weight is 191 g/mol. The van der Waals surface area contributed by atoms with Crippen LogP contribution in [-0.4, -0.2) is 0 Å². The summed E-state index contributed by atoms with van der Waals surface area (Å²) in [5.74, 6) is 0. The van der Waals surface area contributed by atoms with E-state index in [4.69, 9.17) is 5.26 Å². The average Bonchev–Trinajstić information content (AvgIpc) is 2.25. The molecule has 1 aromatic carbocycles. The summed E-state index contributed by atoms with van der Waals surface area (Å²) in [5.41, 5.74) is 0.740. The molecule has 0 spiro atoms. The number of rotatable bonds is 5. The van der Waals surface area contributed by atoms with Crippen LogP contribution in [0.4, 0.5) is 4.39 Å². The summed E-state index contributed by atoms with van der Waals surface area (Å²) < 4.78 is 13.5. The molecule has 0 aliphatic carbocycles. The van der Waals surface area contributed by atoms with Crippen molar-refractivity contribution in [3.05, 3.63) is 35.9 Å². The lowest BCUT2D eigenvalue weighted by molar-refractivity contribution is 0.314. The molecule has 0 aliphatic heterocycles. The smallest absolute Gasteiger partial charge is 0.125 e. The zero-order chi connectivity index (χ0) is 10.2. The SMILES string of the molecule is N#CCCCCC(F)c1ccccc1. The lowest BCUT2D eigenvalue weighted by atomic mass is 10.0. The van der Waals surface area contributed by atoms with Gasteiger partial charge < -0.3 is 0 Å². The third-order valence-corrected chi connectivity index (χ3v) is 2.16. The highest BCUT2D eigenvalue weighted by atomic mass is 19.1. The maximum atomic E-state index is 13.5. The van der Waals surface area contributed by atoms with Gasteiger partial charge in [0.2, 0.25) is 0 Å². The standard InChI is InChI=1S/C12H14FN/c13-12(9-5-2-6-10-14)11-7-3-1-4-8-11/h1,3-4,7-8,12H,2,5-6,9H2. The third-order valence-electron chi connectivity index (χ3n) is 2.16. The largest absolute Gasteiger partial charge is 0.242 e. The molecule has 0 heterocycles. The molecule has 0 saturated heterocycles. The maximum absolute atomic E-state index is 13.5. The predicted octanol–water partition coefficient (Wildman–Crippen LogP) is 3.78. The molecule has 0 aromatic heterocycles. The summed E-state index contributed by atoms with van der Waals surface area (Å²) in [5, 5.41) is 8.30. The second-order valence-electron chi connectivity index (χ2n) is 3.28. The first-order chi connectivity index (χ1) is 6.84. The van der Waals surface area contributed by atoms with Crippen LogP contribution in [0.25, 0.3) is 0 Å². The molecule has 1 unspecified atom stereocenters. The van der Waals surface area contributed by atoms with Gasteiger partial charge in [-0.25, -0.2) is 4.39 Å². The quantitative estimate of drug-likeness (QED) is 0.650. The maximum Gasteiger partial charge on any atom is 0.125 e. The van der Waals surface area contributed by atoms with E-state index in [-0.39, 0.29) is 0 Å². The summed E-state index contributed by atoms with van der Waals surface area (Å²) in [7, 11) is 0. The summed E-state index contributed by atoms with van der Waals surface area (Å²) in [4.78, 5) is 0. The Kier molecular flexibility index (Phi) is 4.71. The minimum atomic E-state index is -0.880. The van der Waals surface area contributed by atoms with E-state index >= 15 is 0 Å². The minimum absolute atomic E-state index is 0.520. The molecular formula is C12H14FN. The Labute approximate surface area is 84.2 Å². The molecular weight excluding hydrogens is 177 g/mol. The van der Waals surface area contributed by atoms with Crippen molar-refractivity contribution in [2.45, 2.75) is 31.9 Å². The van der Waals surface area contributed by atoms with Crippen molar-refractivity contribution >= 4 is 0 Å². The van der Waals surface area contributed by atoms with E-state index in [0.717, 1.165) is 18.4 Å². The van der Waals surface area contributed by atoms with Gasteiger partial charge in [-0.2, -0.15) is 5.26 Å². The van der Waals surface area contributed by atoms with Crippen molar-refractivity contribution in [3.63, 3.8) is 0 Å². The number of unbranched alkanes of at least 4 members (excludes halogenated alkanes) is 2. The topological polar surface area (TPSA) is 23.8 Å². The number of hydrogen-bond acceptors (Lipinski definition) is 1. The Hall–Kier alpha value is -1.36. The van der Waals surface area contributed by atoms with Crippen LogP contribution < -0.4 is 0 Å². The van der Waals surface area contributed by atoms with E-state index in [1.54, 1.807) is 12.1 Å². The number of halogens is 1. The Morgan fingerprint density at radius 2 is 1.93 bits per heavy atom. The van der Waals surface area contributed by atoms with Gasteiger partial charge in [0.25, 0.3) is 0 Å². The Balaban J connectivity index is 2.29. The summed E-state index contributed by atoms with van der Waals surface area (Å²) >= 11 is 0. The van der Waals surface area contributed by atoms with Crippen LogP contribution in [0.5, 0.6) is 0 Å². The van der Waals surface area contributed by atoms with Crippen molar-refractivity contribution in [1.29, 1.82) is 5.26 Å². The molecule has 0 bridgehead atoms. The first-order valence-corrected chi connectivity index (χ1v) is 4.90. The highest BCUT2D eigenvalue weighted by molar-refractivity contribution is 5.17. The van der Waals surface area contributed by atoms with E-state index in [1.807, 2.05) is 18.2 Å². The van der Waals surface area contributed by atoms with Gasteiger partial charge in [-0.3, -0.25) is 0 Å². The summed E-state index contributed by atoms with van der Waals surface area (Å²) in [6.45, 7) is 0. The Bertz CT molecular complexity index is 289. The van der Waals surface area contributed by atoms with Crippen molar-refractivity contribution in [2.75, 3.05) is 0 Å². The van der Waals surface area contributed by atoms with Gasteiger partial charge in [0.15, 0.2) is 0 Å². The molecule has 0 saturated carbocycles. The Morgan fingerprint density at radius 3 is 2.57 bits per heavy atom. The summed E-state index contributed by atoms with van der Waals surface area (Å²) in [6, 6.07) is 11.2. The lowest BCUT2D eigenvalue weighted by Crippen LogP contribution is -1.91. The van der Waals surface area contributed by atoms with Crippen molar-refractivity contribution in [1.82, 2.24) is 0 Å². The molecule has 0 radical (unpaired) electrons. The molecule has 74 valence electrons. The minimum Gasteiger partial charge on any atom is -0.242 e. The van der Waals surface area contributed by atoms with Gasteiger partial charge in [-0.15, -0.1) is 0 Å². The van der Waals surface area contributed by atoms with Crippen LogP contribution in [0.1, 0.15) is 37.4 Å². The monoisotopic (exact) mass is 191 g/mol. The number of alkyl halides is 1. The highest BCUT2D eigenvalue weighted by Crippen LogP contribution is 2.23. The predicted molar refractivity (Wildman–Crippen MR) is 54.4 cm³/mol. The fourth-order valence-corrected chi connectivity index (χ4v) is 1.36. The molecule has 2 heteroatoms. The number of nitrogens with zero attached hydrogens (tertiary/aromatic N) is 1. The first kappa shape index (κ1) is 10.7. The van der Waals surface area contributed by atoms with Gasteiger partial charge in [-0.05, 0) is 24.8 Å². The van der Waals surface area contributed by atoms with Gasteiger partial charge in [0, 0.05) is 6.42 Å². The number of benzene rings is 1. The molecule has 0 aliphatic rings. The second kappa shape index (κ2) is 6.15. The molecule has 1 aromatic rings. The molecule has 1 nitrogen and oxygen atoms in total. The normalized spacial score (nSPS) is 12.0.